The number of hydrogen-bond donors (Lipinski definition) is 0. The number of aryl methyl sites for hydroxylation is 1. The van der Waals surface area contributed by atoms with Crippen LogP contribution in [-0.2, 0) is 0 Å². The number of hydrogen-bond acceptors (Lipinski definition) is 4. The van der Waals surface area contributed by atoms with Gasteiger partial charge in [0.2, 0.25) is 0 Å². The number of benzene rings is 1. The van der Waals surface area contributed by atoms with Crippen molar-refractivity contribution in [3.8, 4) is 10.6 Å². The highest BCUT2D eigenvalue weighted by Crippen LogP contribution is 2.30. The molecule has 25 heavy (non-hydrogen) atoms. The smallest absolute Gasteiger partial charge is 0.265 e. The van der Waals surface area contributed by atoms with Gasteiger partial charge in [0.25, 0.3) is 5.91 Å². The second kappa shape index (κ2) is 9.48. The monoisotopic (exact) mass is 405 g/mol. The molecule has 0 aliphatic carbocycles. The average molecular weight is 406 g/mol. The lowest BCUT2D eigenvalue weighted by Crippen LogP contribution is -2.48. The zero-order valence-electron chi connectivity index (χ0n) is 14.2. The van der Waals surface area contributed by atoms with Crippen LogP contribution in [0.2, 0.25) is 0 Å². The van der Waals surface area contributed by atoms with E-state index in [1.807, 2.05) is 11.8 Å². The van der Waals surface area contributed by atoms with E-state index in [0.717, 1.165) is 32.7 Å². The van der Waals surface area contributed by atoms with Crippen molar-refractivity contribution in [1.29, 1.82) is 0 Å². The van der Waals surface area contributed by atoms with Gasteiger partial charge in [-0.25, -0.2) is 9.37 Å². The highest BCUT2D eigenvalue weighted by Gasteiger charge is 2.25. The summed E-state index contributed by atoms with van der Waals surface area (Å²) < 4.78 is 13.9. The molecular weight excluding hydrogens is 384 g/mol. The molecule has 3 rings (SSSR count). The predicted octanol–water partition coefficient (Wildman–Crippen LogP) is 3.88. The van der Waals surface area contributed by atoms with E-state index in [-0.39, 0.29) is 36.5 Å². The molecule has 4 nitrogen and oxygen atoms in total. The average Bonchev–Trinajstić information content (AvgIpc) is 2.96. The Morgan fingerprint density at radius 1 is 1.20 bits per heavy atom. The van der Waals surface area contributed by atoms with Crippen LogP contribution in [0.5, 0.6) is 0 Å². The number of likely N-dealkylation sites (N-methyl/N-ethyl adjacent to an activating group) is 1. The van der Waals surface area contributed by atoms with E-state index in [4.69, 9.17) is 0 Å². The van der Waals surface area contributed by atoms with E-state index in [0.29, 0.717) is 21.1 Å². The molecule has 2 heterocycles. The summed E-state index contributed by atoms with van der Waals surface area (Å²) in [6.07, 6.45) is 0. The van der Waals surface area contributed by atoms with Gasteiger partial charge in [0, 0.05) is 31.7 Å². The lowest BCUT2D eigenvalue weighted by atomic mass is 10.2. The molecule has 1 saturated heterocycles. The zero-order chi connectivity index (χ0) is 16.4. The van der Waals surface area contributed by atoms with E-state index in [9.17, 15) is 9.18 Å². The van der Waals surface area contributed by atoms with Crippen LogP contribution >= 0.6 is 36.2 Å². The summed E-state index contributed by atoms with van der Waals surface area (Å²) in [7, 11) is 0. The van der Waals surface area contributed by atoms with Gasteiger partial charge in [-0.2, -0.15) is 0 Å². The van der Waals surface area contributed by atoms with Crippen molar-refractivity contribution < 1.29 is 9.18 Å². The Morgan fingerprint density at radius 3 is 2.44 bits per heavy atom. The molecule has 1 aromatic heterocycles. The number of rotatable bonds is 3. The van der Waals surface area contributed by atoms with Crippen LogP contribution in [0.1, 0.15) is 22.3 Å². The minimum Gasteiger partial charge on any atom is -0.335 e. The normalized spacial score (nSPS) is 14.6. The molecule has 0 radical (unpaired) electrons. The highest BCUT2D eigenvalue weighted by atomic mass is 35.5. The maximum Gasteiger partial charge on any atom is 0.265 e. The summed E-state index contributed by atoms with van der Waals surface area (Å²) in [5.41, 5.74) is 1.13. The minimum absolute atomic E-state index is 0. The maximum absolute atomic E-state index is 13.9. The molecule has 2 aromatic rings. The van der Waals surface area contributed by atoms with E-state index in [1.165, 1.54) is 17.4 Å². The Kier molecular flexibility index (Phi) is 8.28. The van der Waals surface area contributed by atoms with Gasteiger partial charge >= 0.3 is 0 Å². The van der Waals surface area contributed by atoms with Gasteiger partial charge in [-0.15, -0.1) is 36.2 Å². The lowest BCUT2D eigenvalue weighted by Gasteiger charge is -2.33. The predicted molar refractivity (Wildman–Crippen MR) is 105 cm³/mol. The first kappa shape index (κ1) is 21.8. The summed E-state index contributed by atoms with van der Waals surface area (Å²) in [6.45, 7) is 8.24. The van der Waals surface area contributed by atoms with Gasteiger partial charge in [-0.05, 0) is 25.6 Å². The van der Waals surface area contributed by atoms with E-state index >= 15 is 0 Å². The second-order valence-corrected chi connectivity index (χ2v) is 6.64. The van der Waals surface area contributed by atoms with Crippen molar-refractivity contribution in [2.75, 3.05) is 32.7 Å². The van der Waals surface area contributed by atoms with Gasteiger partial charge in [0.05, 0.1) is 5.69 Å². The SMILES string of the molecule is CCN1CCN(C(=O)c2sc(-c3ccccc3F)nc2C)CC1.Cl.Cl. The molecule has 1 aliphatic heterocycles. The number of halogens is 3. The number of thiazole rings is 1. The maximum atomic E-state index is 13.9. The van der Waals surface area contributed by atoms with Crippen molar-refractivity contribution in [2.45, 2.75) is 13.8 Å². The first-order valence-electron chi connectivity index (χ1n) is 7.84. The van der Waals surface area contributed by atoms with Crippen molar-refractivity contribution in [3.63, 3.8) is 0 Å². The molecule has 138 valence electrons. The van der Waals surface area contributed by atoms with E-state index < -0.39 is 0 Å². The number of carbonyl (C=O) groups is 1. The number of carbonyl (C=O) groups excluding carboxylic acids is 1. The fourth-order valence-corrected chi connectivity index (χ4v) is 3.82. The lowest BCUT2D eigenvalue weighted by molar-refractivity contribution is 0.0647. The topological polar surface area (TPSA) is 36.4 Å². The Bertz CT molecular complexity index is 718. The Morgan fingerprint density at radius 2 is 1.84 bits per heavy atom. The fraction of sp³-hybridized carbons (Fsp3) is 0.412. The van der Waals surface area contributed by atoms with E-state index in [1.54, 1.807) is 18.2 Å². The van der Waals surface area contributed by atoms with Crippen LogP contribution in [0.4, 0.5) is 4.39 Å². The number of nitrogens with zero attached hydrogens (tertiary/aromatic N) is 3. The van der Waals surface area contributed by atoms with Gasteiger partial charge < -0.3 is 9.80 Å². The van der Waals surface area contributed by atoms with Crippen LogP contribution in [0.25, 0.3) is 10.6 Å². The largest absolute Gasteiger partial charge is 0.335 e. The van der Waals surface area contributed by atoms with E-state index in [2.05, 4.69) is 16.8 Å². The minimum atomic E-state index is -0.309. The van der Waals surface area contributed by atoms with Gasteiger partial charge in [0.15, 0.2) is 0 Å². The number of piperazine rings is 1. The Labute approximate surface area is 163 Å². The third-order valence-corrected chi connectivity index (χ3v) is 5.38. The van der Waals surface area contributed by atoms with Crippen molar-refractivity contribution >= 4 is 42.1 Å². The van der Waals surface area contributed by atoms with Crippen molar-refractivity contribution in [2.24, 2.45) is 0 Å². The van der Waals surface area contributed by atoms with Crippen LogP contribution in [0.15, 0.2) is 24.3 Å². The van der Waals surface area contributed by atoms with Crippen LogP contribution in [0.3, 0.4) is 0 Å². The van der Waals surface area contributed by atoms with Gasteiger partial charge in [0.1, 0.15) is 15.7 Å². The van der Waals surface area contributed by atoms with Crippen LogP contribution in [0, 0.1) is 12.7 Å². The molecule has 0 N–H and O–H groups in total. The molecule has 1 aromatic carbocycles. The molecule has 1 amide bonds. The Hall–Kier alpha value is -1.21. The zero-order valence-corrected chi connectivity index (χ0v) is 16.6. The fourth-order valence-electron chi connectivity index (χ4n) is 2.76. The first-order chi connectivity index (χ1) is 11.1. The standard InChI is InChI=1S/C17H20FN3OS.2ClH/c1-3-20-8-10-21(11-9-20)17(22)15-12(2)19-16(23-15)13-6-4-5-7-14(13)18;;/h4-7H,3,8-11H2,1-2H3;2*1H. The molecule has 0 unspecified atom stereocenters. The third kappa shape index (κ3) is 4.70. The van der Waals surface area contributed by atoms with Gasteiger partial charge in [-0.3, -0.25) is 4.79 Å². The summed E-state index contributed by atoms with van der Waals surface area (Å²) >= 11 is 1.28. The highest BCUT2D eigenvalue weighted by molar-refractivity contribution is 7.17. The molecule has 1 aliphatic rings. The third-order valence-electron chi connectivity index (χ3n) is 4.20. The number of amides is 1. The molecule has 0 spiro atoms. The Balaban J connectivity index is 0.00000156. The first-order valence-corrected chi connectivity index (χ1v) is 8.65. The summed E-state index contributed by atoms with van der Waals surface area (Å²) in [4.78, 5) is 22.0. The summed E-state index contributed by atoms with van der Waals surface area (Å²) in [5.74, 6) is -0.296. The molecule has 0 saturated carbocycles. The van der Waals surface area contributed by atoms with Crippen molar-refractivity contribution in [3.05, 3.63) is 40.7 Å². The second-order valence-electron chi connectivity index (χ2n) is 5.64. The molecule has 0 atom stereocenters. The van der Waals surface area contributed by atoms with Gasteiger partial charge in [-0.1, -0.05) is 19.1 Å². The van der Waals surface area contributed by atoms with Crippen molar-refractivity contribution in [1.82, 2.24) is 14.8 Å². The molecule has 0 bridgehead atoms. The molecule has 8 heteroatoms. The number of aromatic nitrogens is 1. The van der Waals surface area contributed by atoms with Crippen LogP contribution in [-0.4, -0.2) is 53.4 Å². The van der Waals surface area contributed by atoms with Crippen LogP contribution < -0.4 is 0 Å². The summed E-state index contributed by atoms with van der Waals surface area (Å²) in [6, 6.07) is 6.54. The quantitative estimate of drug-likeness (QED) is 0.777. The summed E-state index contributed by atoms with van der Waals surface area (Å²) in [5, 5.41) is 0.566. The molecule has 1 fully saturated rings. The molecular formula is C17H22Cl2FN3OS.